The zero-order valence-corrected chi connectivity index (χ0v) is 58.3. The van der Waals surface area contributed by atoms with Gasteiger partial charge < -0.3 is 39.1 Å². The lowest BCUT2D eigenvalue weighted by molar-refractivity contribution is 0.590. The number of para-hydroxylation sites is 7. The van der Waals surface area contributed by atoms with Crippen molar-refractivity contribution in [2.45, 2.75) is 97.3 Å². The lowest BCUT2D eigenvalue weighted by atomic mass is 9.86. The zero-order valence-electron chi connectivity index (χ0n) is 58.3. The minimum atomic E-state index is 0.0948. The first-order valence-electron chi connectivity index (χ1n) is 35.5. The molecule has 13 aromatic rings. The van der Waals surface area contributed by atoms with Crippen LogP contribution in [0.5, 0.6) is 0 Å². The van der Waals surface area contributed by atoms with Crippen molar-refractivity contribution in [3.8, 4) is 11.1 Å². The fourth-order valence-corrected chi connectivity index (χ4v) is 16.6. The molecule has 4 unspecified atom stereocenters. The summed E-state index contributed by atoms with van der Waals surface area (Å²) in [7, 11) is 0. The van der Waals surface area contributed by atoms with Crippen molar-refractivity contribution in [1.29, 1.82) is 0 Å². The second kappa shape index (κ2) is 25.2. The predicted octanol–water partition coefficient (Wildman–Crippen LogP) is 20.2. The summed E-state index contributed by atoms with van der Waals surface area (Å²) in [5.41, 5.74) is 25.2. The van der Waals surface area contributed by atoms with Gasteiger partial charge in [0.05, 0.1) is 11.4 Å². The van der Waals surface area contributed by atoms with Gasteiger partial charge in [-0.25, -0.2) is 24.9 Å². The highest BCUT2D eigenvalue weighted by atomic mass is 15.5. The average Bonchev–Trinajstić information content (AvgIpc) is 1.59. The quantitative estimate of drug-likeness (QED) is 0.153. The van der Waals surface area contributed by atoms with Crippen LogP contribution in [0.2, 0.25) is 0 Å². The molecule has 12 heterocycles. The van der Waals surface area contributed by atoms with Crippen molar-refractivity contribution in [2.24, 2.45) is 0 Å². The highest BCUT2D eigenvalue weighted by Crippen LogP contribution is 2.57. The Balaban J connectivity index is 0.0000000986. The third-order valence-electron chi connectivity index (χ3n) is 21.3. The van der Waals surface area contributed by atoms with Crippen LogP contribution >= 0.6 is 0 Å². The number of hydrogen-bond acceptors (Lipinski definition) is 14. The topological polar surface area (TPSA) is 108 Å². The van der Waals surface area contributed by atoms with E-state index in [2.05, 4.69) is 326 Å². The molecule has 4 aromatic heterocycles. The Hall–Kier alpha value is -12.7. The Morgan fingerprint density at radius 2 is 0.670 bits per heavy atom. The maximum Gasteiger partial charge on any atom is 0.271 e. The molecule has 21 rings (SSSR count). The van der Waals surface area contributed by atoms with Crippen molar-refractivity contribution in [3.63, 3.8) is 0 Å². The Morgan fingerprint density at radius 1 is 0.311 bits per heavy atom. The number of aryl methyl sites for hydroxylation is 3. The summed E-state index contributed by atoms with van der Waals surface area (Å²) >= 11 is 0. The van der Waals surface area contributed by atoms with Crippen LogP contribution < -0.4 is 39.2 Å². The van der Waals surface area contributed by atoms with E-state index in [1.807, 2.05) is 18.3 Å². The monoisotopic (exact) mass is 1340 g/mol. The Labute approximate surface area is 601 Å². The van der Waals surface area contributed by atoms with Gasteiger partial charge in [0.1, 0.15) is 30.4 Å². The van der Waals surface area contributed by atoms with Gasteiger partial charge in [-0.3, -0.25) is 4.90 Å². The van der Waals surface area contributed by atoms with E-state index in [1.54, 1.807) is 24.8 Å². The number of fused-ring (bicyclic) bond motifs is 20. The highest BCUT2D eigenvalue weighted by molar-refractivity contribution is 5.94. The van der Waals surface area contributed by atoms with Gasteiger partial charge in [0, 0.05) is 102 Å². The summed E-state index contributed by atoms with van der Waals surface area (Å²) in [5, 5.41) is 0. The van der Waals surface area contributed by atoms with Gasteiger partial charge in [-0.1, -0.05) is 202 Å². The molecule has 0 N–H and O–H groups in total. The number of nitrogens with zero attached hydrogens (tertiary/aromatic N) is 15. The maximum absolute atomic E-state index is 7.42. The van der Waals surface area contributed by atoms with Gasteiger partial charge >= 0.3 is 0 Å². The minimum Gasteiger partial charge on any atom is -0.361 e. The molecule has 9 aromatic carbocycles. The Kier molecular flexibility index (Phi) is 15.3. The van der Waals surface area contributed by atoms with E-state index < -0.39 is 0 Å². The summed E-state index contributed by atoms with van der Waals surface area (Å²) in [6.07, 6.45) is 13.6. The molecule has 0 spiro atoms. The number of rotatable bonds is 5. The Bertz CT molecular complexity index is 5340. The lowest BCUT2D eigenvalue weighted by Crippen LogP contribution is -2.36. The summed E-state index contributed by atoms with van der Waals surface area (Å²) < 4.78 is 0. The maximum atomic E-state index is 7.42. The molecule has 4 atom stereocenters. The van der Waals surface area contributed by atoms with E-state index in [0.717, 1.165) is 77.7 Å². The smallest absolute Gasteiger partial charge is 0.271 e. The lowest BCUT2D eigenvalue weighted by Gasteiger charge is -2.28. The summed E-state index contributed by atoms with van der Waals surface area (Å²) in [5.74, 6) is 6.12. The number of benzene rings is 9. The van der Waals surface area contributed by atoms with Crippen LogP contribution in [0.15, 0.2) is 274 Å². The fraction of sp³-hybridized carbons (Fsp3) is 0.170. The van der Waals surface area contributed by atoms with Crippen molar-refractivity contribution in [3.05, 3.63) is 330 Å². The molecule has 0 aliphatic carbocycles. The summed E-state index contributed by atoms with van der Waals surface area (Å²) in [6.45, 7) is 20.6. The summed E-state index contributed by atoms with van der Waals surface area (Å²) in [4.78, 5) is 50.6. The van der Waals surface area contributed by atoms with E-state index in [-0.39, 0.29) is 30.1 Å². The molecule has 0 bridgehead atoms. The molecule has 0 saturated carbocycles. The molecular weight excluding hydrogens is 1270 g/mol. The van der Waals surface area contributed by atoms with Crippen LogP contribution in [0.3, 0.4) is 0 Å². The fourth-order valence-electron chi connectivity index (χ4n) is 16.6. The number of aromatic nitrogens is 6. The predicted molar refractivity (Wildman–Crippen MR) is 416 cm³/mol. The molecule has 0 amide bonds. The normalized spacial score (nSPS) is 17.3. The molecule has 103 heavy (non-hydrogen) atoms. The van der Waals surface area contributed by atoms with Crippen molar-refractivity contribution < 1.29 is 0 Å². The molecule has 15 nitrogen and oxygen atoms in total. The van der Waals surface area contributed by atoms with Crippen molar-refractivity contribution in [2.75, 3.05) is 39.2 Å². The largest absolute Gasteiger partial charge is 0.361 e. The van der Waals surface area contributed by atoms with Crippen LogP contribution in [0.4, 0.5) is 97.6 Å². The number of anilines is 16. The van der Waals surface area contributed by atoms with Gasteiger partial charge in [-0.15, -0.1) is 0 Å². The van der Waals surface area contributed by atoms with Crippen LogP contribution in [-0.4, -0.2) is 54.6 Å². The Morgan fingerprint density at radius 3 is 1.17 bits per heavy atom. The molecule has 0 fully saturated rings. The minimum absolute atomic E-state index is 0.0948. The third-order valence-corrected chi connectivity index (χ3v) is 21.3. The second-order valence-corrected chi connectivity index (χ2v) is 28.3. The highest BCUT2D eigenvalue weighted by Gasteiger charge is 2.50. The summed E-state index contributed by atoms with van der Waals surface area (Å²) in [6, 6.07) is 85.4. The molecule has 502 valence electrons. The molecule has 15 heteroatoms. The van der Waals surface area contributed by atoms with E-state index in [9.17, 15) is 0 Å². The van der Waals surface area contributed by atoms with E-state index >= 15 is 0 Å². The van der Waals surface area contributed by atoms with Gasteiger partial charge in [0.25, 0.3) is 11.6 Å². The van der Waals surface area contributed by atoms with Crippen molar-refractivity contribution >= 4 is 97.6 Å². The van der Waals surface area contributed by atoms with E-state index in [4.69, 9.17) is 26.5 Å². The third kappa shape index (κ3) is 10.5. The van der Waals surface area contributed by atoms with E-state index in [1.165, 1.54) is 95.4 Å². The molecule has 0 saturated heterocycles. The zero-order chi connectivity index (χ0) is 69.6. The van der Waals surface area contributed by atoms with Gasteiger partial charge in [0.15, 0.2) is 29.1 Å². The number of hydrogen-bond donors (Lipinski definition) is 0. The number of pyridine rings is 2. The van der Waals surface area contributed by atoms with Crippen LogP contribution in [0, 0.1) is 27.3 Å². The first-order valence-corrected chi connectivity index (χ1v) is 35.5. The molecule has 8 aliphatic heterocycles. The second-order valence-electron chi connectivity index (χ2n) is 28.3. The first-order chi connectivity index (χ1) is 50.5. The van der Waals surface area contributed by atoms with Crippen LogP contribution in [0.25, 0.3) is 16.0 Å². The van der Waals surface area contributed by atoms with E-state index in [0.29, 0.717) is 5.82 Å². The first kappa shape index (κ1) is 62.6. The average molecular weight is 1340 g/mol. The van der Waals surface area contributed by atoms with Crippen LogP contribution in [0.1, 0.15) is 65.3 Å². The van der Waals surface area contributed by atoms with Crippen molar-refractivity contribution in [1.82, 2.24) is 29.9 Å². The van der Waals surface area contributed by atoms with Gasteiger partial charge in [-0.2, -0.15) is 0 Å². The van der Waals surface area contributed by atoms with Gasteiger partial charge in [-0.05, 0) is 149 Å². The standard InChI is InChI=1S/C25H24N4.C24H18N4.C20H17N3.C19H16N4/c1-16-8-6-7-9-19(16)29-23-14-17-10-11-18(25(2,3)4)15-21(17)28(23)20-12-13-22(26-5)27-24(20)29;1-2-8-17(9-3-1)19-11-5-7-13-21(19)28-22-16-18-10-4-6-12-20(18)27(22)23-24(28)26-15-14-25-23;1-14-7-2-4-9-16(14)23-19-13-15-8-3-5-10-17(15)22(19)18-11-6-12-21-20(18)23;1-13-6-2-4-8-15(13)22-17-12-14-7-3-5-9-16(14)23(17)19-18(22)20-10-11-21-19/h6-13,15,23H,14H2,1-4H3;1-15,22H,16H2;2-12,19H,13H2,1H3;2-11,17H,12H2,1H3. The molecule has 0 radical (unpaired) electrons. The SMILES string of the molecule is Cc1ccccc1N1c2ncccc2N2c3ccccc3CC21.Cc1ccccc1N1c2nccnc2N2c3ccccc3CC12.[C-]#[N+]c1ccc2c(n1)N(c1ccccc1C)C1Cc3ccc(C(C)(C)C)cc3N21.c1ccc(-c2ccccc2N2c3nccnc3N3c4ccccc4CC32)cc1. The molecule has 8 aliphatic rings. The van der Waals surface area contributed by atoms with Gasteiger partial charge in [0.2, 0.25) is 0 Å². The molecular formula is C88H75N15. The van der Waals surface area contributed by atoms with Crippen LogP contribution in [-0.2, 0) is 31.1 Å².